The van der Waals surface area contributed by atoms with Crippen molar-refractivity contribution in [3.63, 3.8) is 0 Å². The van der Waals surface area contributed by atoms with Gasteiger partial charge in [0.1, 0.15) is 0 Å². The fourth-order valence-electron chi connectivity index (χ4n) is 3.29. The van der Waals surface area contributed by atoms with Crippen molar-refractivity contribution < 1.29 is 0 Å². The first-order valence-corrected chi connectivity index (χ1v) is 9.75. The lowest BCUT2D eigenvalue weighted by molar-refractivity contribution is 0.556. The van der Waals surface area contributed by atoms with Crippen molar-refractivity contribution in [3.8, 4) is 0 Å². The Bertz CT molecular complexity index is 430. The summed E-state index contributed by atoms with van der Waals surface area (Å²) in [6.45, 7) is 10.6. The molecule has 1 rings (SSSR count). The number of benzene rings is 1. The highest BCUT2D eigenvalue weighted by Gasteiger charge is 2.08. The van der Waals surface area contributed by atoms with Crippen molar-refractivity contribution in [1.82, 2.24) is 0 Å². The summed E-state index contributed by atoms with van der Waals surface area (Å²) < 4.78 is 0. The molecule has 0 nitrogen and oxygen atoms in total. The molecule has 0 amide bonds. The van der Waals surface area contributed by atoms with Crippen LogP contribution in [0.25, 0.3) is 0 Å². The van der Waals surface area contributed by atoms with Gasteiger partial charge in [-0.15, -0.1) is 6.58 Å². The first-order valence-electron chi connectivity index (χ1n) is 9.75. The minimum absolute atomic E-state index is 1.22. The minimum Gasteiger partial charge on any atom is -0.102 e. The molecule has 0 aliphatic carbocycles. The lowest BCUT2D eigenvalue weighted by atomic mass is 9.91. The van der Waals surface area contributed by atoms with E-state index in [0.29, 0.717) is 0 Å². The Hall–Kier alpha value is -1.04. The second-order valence-corrected chi connectivity index (χ2v) is 6.91. The molecule has 0 N–H and O–H groups in total. The summed E-state index contributed by atoms with van der Waals surface area (Å²) in [5, 5.41) is 0. The zero-order valence-corrected chi connectivity index (χ0v) is 15.8. The van der Waals surface area contributed by atoms with Gasteiger partial charge in [0.25, 0.3) is 0 Å². The van der Waals surface area contributed by atoms with Crippen LogP contribution in [0.5, 0.6) is 0 Å². The number of aryl methyl sites for hydroxylation is 1. The van der Waals surface area contributed by atoms with Gasteiger partial charge in [0.05, 0.1) is 0 Å². The van der Waals surface area contributed by atoms with E-state index in [1.807, 2.05) is 6.08 Å². The number of rotatable bonds is 13. The lowest BCUT2D eigenvalue weighted by Crippen LogP contribution is -1.99. The molecule has 0 fully saturated rings. The first-order chi connectivity index (χ1) is 11.2. The van der Waals surface area contributed by atoms with Crippen molar-refractivity contribution in [3.05, 3.63) is 53.5 Å². The number of hydrogen-bond donors (Lipinski definition) is 0. The smallest absolute Gasteiger partial charge is 0.0233 e. The number of hydrogen-bond acceptors (Lipinski definition) is 0. The third kappa shape index (κ3) is 7.86. The van der Waals surface area contributed by atoms with Crippen molar-refractivity contribution in [1.29, 1.82) is 0 Å². The van der Waals surface area contributed by atoms with Gasteiger partial charge in [-0.3, -0.25) is 0 Å². The molecule has 129 valence electrons. The van der Waals surface area contributed by atoms with Crippen LogP contribution in [0.15, 0.2) is 30.9 Å². The van der Waals surface area contributed by atoms with Crippen LogP contribution in [0, 0.1) is 12.8 Å². The van der Waals surface area contributed by atoms with E-state index in [1.54, 1.807) is 0 Å². The molecule has 0 aromatic heterocycles. The normalized spacial score (nSPS) is 11.1. The van der Waals surface area contributed by atoms with Crippen LogP contribution in [0.4, 0.5) is 0 Å². The molecule has 0 heteroatoms. The maximum atomic E-state index is 3.90. The van der Waals surface area contributed by atoms with Gasteiger partial charge in [-0.05, 0) is 36.5 Å². The van der Waals surface area contributed by atoms with Crippen LogP contribution in [0.3, 0.4) is 0 Å². The number of unbranched alkanes of at least 4 members (excludes halogenated alkanes) is 9. The maximum absolute atomic E-state index is 3.90. The summed E-state index contributed by atoms with van der Waals surface area (Å²) in [5.41, 5.74) is 4.33. The average Bonchev–Trinajstić information content (AvgIpc) is 2.57. The van der Waals surface area contributed by atoms with Gasteiger partial charge < -0.3 is 0 Å². The molecule has 0 spiro atoms. The molecule has 0 saturated carbocycles. The molecular weight excluding hydrogens is 276 g/mol. The minimum atomic E-state index is 1.22. The molecule has 1 radical (unpaired) electrons. The van der Waals surface area contributed by atoms with E-state index in [1.165, 1.54) is 93.2 Å². The summed E-state index contributed by atoms with van der Waals surface area (Å²) >= 11 is 0. The number of allylic oxidation sites excluding steroid dienone is 1. The zero-order valence-electron chi connectivity index (χ0n) is 15.8. The predicted octanol–water partition coefficient (Wildman–Crippen LogP) is 7.59. The molecule has 0 heterocycles. The SMILES string of the molecule is C=C[C](C)c1cccc(CCCCCCCCCCCC)c1C. The van der Waals surface area contributed by atoms with Crippen molar-refractivity contribution in [2.75, 3.05) is 0 Å². The van der Waals surface area contributed by atoms with E-state index in [2.05, 4.69) is 45.5 Å². The van der Waals surface area contributed by atoms with Crippen molar-refractivity contribution in [2.24, 2.45) is 0 Å². The molecule has 0 saturated heterocycles. The van der Waals surface area contributed by atoms with Crippen LogP contribution in [0.2, 0.25) is 0 Å². The van der Waals surface area contributed by atoms with Crippen LogP contribution in [0.1, 0.15) is 94.7 Å². The lowest BCUT2D eigenvalue weighted by Gasteiger charge is -2.14. The molecule has 1 aromatic rings. The Balaban J connectivity index is 2.18. The van der Waals surface area contributed by atoms with E-state index < -0.39 is 0 Å². The molecule has 0 aliphatic heterocycles. The summed E-state index contributed by atoms with van der Waals surface area (Å²) in [4.78, 5) is 0. The topological polar surface area (TPSA) is 0 Å². The molecule has 1 aromatic carbocycles. The van der Waals surface area contributed by atoms with Gasteiger partial charge in [0.2, 0.25) is 0 Å². The highest BCUT2D eigenvalue weighted by atomic mass is 14.1. The van der Waals surface area contributed by atoms with Gasteiger partial charge in [-0.25, -0.2) is 0 Å². The van der Waals surface area contributed by atoms with Crippen LogP contribution in [-0.2, 0) is 6.42 Å². The molecule has 0 unspecified atom stereocenters. The molecular formula is C23H37. The Morgan fingerprint density at radius 1 is 0.913 bits per heavy atom. The fourth-order valence-corrected chi connectivity index (χ4v) is 3.29. The molecule has 23 heavy (non-hydrogen) atoms. The van der Waals surface area contributed by atoms with Crippen LogP contribution >= 0.6 is 0 Å². The van der Waals surface area contributed by atoms with Crippen LogP contribution < -0.4 is 0 Å². The van der Waals surface area contributed by atoms with E-state index in [4.69, 9.17) is 0 Å². The largest absolute Gasteiger partial charge is 0.102 e. The van der Waals surface area contributed by atoms with Crippen LogP contribution in [-0.4, -0.2) is 0 Å². The van der Waals surface area contributed by atoms with Gasteiger partial charge in [0, 0.05) is 5.92 Å². The Kier molecular flexibility index (Phi) is 10.8. The second kappa shape index (κ2) is 12.4. The van der Waals surface area contributed by atoms with E-state index in [0.717, 1.165) is 0 Å². The molecule has 0 atom stereocenters. The third-order valence-corrected chi connectivity index (χ3v) is 4.98. The zero-order chi connectivity index (χ0) is 16.9. The fraction of sp³-hybridized carbons (Fsp3) is 0.609. The standard InChI is InChI=1S/C23H37/c1-5-7-8-9-10-11-12-13-14-15-17-22-18-16-19-23(21(22)4)20(3)6-2/h6,16,18-19H,2,5,7-15,17H2,1,3-4H3. The molecule has 0 bridgehead atoms. The second-order valence-electron chi connectivity index (χ2n) is 6.91. The Labute approximate surface area is 145 Å². The van der Waals surface area contributed by atoms with E-state index >= 15 is 0 Å². The van der Waals surface area contributed by atoms with Gasteiger partial charge in [0.15, 0.2) is 0 Å². The predicted molar refractivity (Wildman–Crippen MR) is 105 cm³/mol. The van der Waals surface area contributed by atoms with E-state index in [9.17, 15) is 0 Å². The summed E-state index contributed by atoms with van der Waals surface area (Å²) in [6.07, 6.45) is 17.3. The summed E-state index contributed by atoms with van der Waals surface area (Å²) in [6, 6.07) is 6.71. The monoisotopic (exact) mass is 313 g/mol. The Morgan fingerprint density at radius 2 is 1.48 bits per heavy atom. The van der Waals surface area contributed by atoms with Gasteiger partial charge in [-0.1, -0.05) is 95.9 Å². The average molecular weight is 314 g/mol. The maximum Gasteiger partial charge on any atom is 0.0233 e. The van der Waals surface area contributed by atoms with Crippen molar-refractivity contribution in [2.45, 2.75) is 91.4 Å². The van der Waals surface area contributed by atoms with Crippen molar-refractivity contribution >= 4 is 0 Å². The summed E-state index contributed by atoms with van der Waals surface area (Å²) in [5.74, 6) is 1.28. The quantitative estimate of drug-likeness (QED) is 0.329. The van der Waals surface area contributed by atoms with Gasteiger partial charge in [-0.2, -0.15) is 0 Å². The van der Waals surface area contributed by atoms with E-state index in [-0.39, 0.29) is 0 Å². The van der Waals surface area contributed by atoms with Gasteiger partial charge >= 0.3 is 0 Å². The summed E-state index contributed by atoms with van der Waals surface area (Å²) in [7, 11) is 0. The Morgan fingerprint density at radius 3 is 2.04 bits per heavy atom. The highest BCUT2D eigenvalue weighted by molar-refractivity contribution is 5.45. The molecule has 0 aliphatic rings. The first kappa shape index (κ1) is 20.0. The highest BCUT2D eigenvalue weighted by Crippen LogP contribution is 2.23. The third-order valence-electron chi connectivity index (χ3n) is 4.98.